The highest BCUT2D eigenvalue weighted by Crippen LogP contribution is 2.15. The van der Waals surface area contributed by atoms with E-state index in [9.17, 15) is 8.42 Å². The topological polar surface area (TPSA) is 55.4 Å². The first-order chi connectivity index (χ1) is 8.34. The molecule has 0 aliphatic carbocycles. The van der Waals surface area contributed by atoms with Crippen LogP contribution in [0.3, 0.4) is 0 Å². The molecule has 0 spiro atoms. The van der Waals surface area contributed by atoms with Crippen molar-refractivity contribution in [1.29, 1.82) is 0 Å². The van der Waals surface area contributed by atoms with Crippen molar-refractivity contribution in [3.05, 3.63) is 0 Å². The standard InChI is InChI=1S/C13H27NO3S/c1-10(2)12(4)18(15,16)9-7-14-11(3)13-6-5-8-17-13/h10-14H,5-9H2,1-4H3. The Morgan fingerprint density at radius 2 is 1.94 bits per heavy atom. The number of hydrogen-bond donors (Lipinski definition) is 1. The molecule has 0 aromatic carbocycles. The molecule has 5 heteroatoms. The van der Waals surface area contributed by atoms with Crippen molar-refractivity contribution in [1.82, 2.24) is 5.32 Å². The zero-order valence-corrected chi connectivity index (χ0v) is 12.8. The van der Waals surface area contributed by atoms with E-state index in [-0.39, 0.29) is 29.1 Å². The van der Waals surface area contributed by atoms with Crippen molar-refractivity contribution < 1.29 is 13.2 Å². The maximum absolute atomic E-state index is 12.0. The molecule has 3 unspecified atom stereocenters. The Kier molecular flexibility index (Phi) is 6.08. The van der Waals surface area contributed by atoms with Gasteiger partial charge in [0.2, 0.25) is 0 Å². The molecule has 3 atom stereocenters. The molecule has 18 heavy (non-hydrogen) atoms. The van der Waals surface area contributed by atoms with Crippen LogP contribution in [0.1, 0.15) is 40.5 Å². The normalized spacial score (nSPS) is 24.4. The van der Waals surface area contributed by atoms with Crippen LogP contribution in [-0.4, -0.2) is 44.7 Å². The third-order valence-electron chi connectivity index (χ3n) is 3.88. The largest absolute Gasteiger partial charge is 0.377 e. The molecule has 1 rings (SSSR count). The third-order valence-corrected chi connectivity index (χ3v) is 6.33. The van der Waals surface area contributed by atoms with Crippen LogP contribution >= 0.6 is 0 Å². The van der Waals surface area contributed by atoms with Gasteiger partial charge in [-0.2, -0.15) is 0 Å². The minimum absolute atomic E-state index is 0.172. The fraction of sp³-hybridized carbons (Fsp3) is 1.00. The average Bonchev–Trinajstić information content (AvgIpc) is 2.80. The molecule has 1 aliphatic heterocycles. The molecule has 108 valence electrons. The fourth-order valence-corrected chi connectivity index (χ4v) is 3.76. The Labute approximate surface area is 111 Å². The van der Waals surface area contributed by atoms with E-state index in [4.69, 9.17) is 4.74 Å². The molecular formula is C13H27NO3S. The van der Waals surface area contributed by atoms with Gasteiger partial charge in [-0.1, -0.05) is 13.8 Å². The number of rotatable bonds is 7. The Morgan fingerprint density at radius 3 is 2.44 bits per heavy atom. The van der Waals surface area contributed by atoms with Gasteiger partial charge in [0.05, 0.1) is 17.1 Å². The van der Waals surface area contributed by atoms with Crippen molar-refractivity contribution in [3.8, 4) is 0 Å². The molecule has 0 aromatic rings. The number of hydrogen-bond acceptors (Lipinski definition) is 4. The second-order valence-electron chi connectivity index (χ2n) is 5.61. The molecular weight excluding hydrogens is 250 g/mol. The summed E-state index contributed by atoms with van der Waals surface area (Å²) in [5, 5.41) is 3.00. The van der Waals surface area contributed by atoms with Crippen LogP contribution in [0.5, 0.6) is 0 Å². The van der Waals surface area contributed by atoms with Gasteiger partial charge in [-0.3, -0.25) is 0 Å². The van der Waals surface area contributed by atoms with Gasteiger partial charge in [-0.05, 0) is 32.6 Å². The zero-order valence-electron chi connectivity index (χ0n) is 12.0. The SMILES string of the molecule is CC(C)C(C)S(=O)(=O)CCNC(C)C1CCCO1. The first-order valence-electron chi connectivity index (χ1n) is 6.91. The van der Waals surface area contributed by atoms with Crippen LogP contribution in [-0.2, 0) is 14.6 Å². The van der Waals surface area contributed by atoms with Gasteiger partial charge >= 0.3 is 0 Å². The monoisotopic (exact) mass is 277 g/mol. The molecule has 0 radical (unpaired) electrons. The summed E-state index contributed by atoms with van der Waals surface area (Å²) < 4.78 is 29.6. The van der Waals surface area contributed by atoms with E-state index in [1.54, 1.807) is 6.92 Å². The summed E-state index contributed by atoms with van der Waals surface area (Å²) in [6.45, 7) is 9.10. The summed E-state index contributed by atoms with van der Waals surface area (Å²) in [4.78, 5) is 0. The molecule has 0 saturated carbocycles. The Morgan fingerprint density at radius 1 is 1.28 bits per heavy atom. The molecule has 0 aromatic heterocycles. The predicted octanol–water partition coefficient (Wildman–Crippen LogP) is 1.60. The van der Waals surface area contributed by atoms with Crippen molar-refractivity contribution in [2.75, 3.05) is 18.9 Å². The van der Waals surface area contributed by atoms with Crippen molar-refractivity contribution in [3.63, 3.8) is 0 Å². The van der Waals surface area contributed by atoms with Crippen LogP contribution in [0.4, 0.5) is 0 Å². The predicted molar refractivity (Wildman–Crippen MR) is 74.5 cm³/mol. The molecule has 1 aliphatic rings. The Bertz CT molecular complexity index is 334. The first-order valence-corrected chi connectivity index (χ1v) is 8.62. The maximum Gasteiger partial charge on any atom is 0.154 e. The number of ether oxygens (including phenoxy) is 1. The lowest BCUT2D eigenvalue weighted by molar-refractivity contribution is 0.0844. The molecule has 1 heterocycles. The van der Waals surface area contributed by atoms with E-state index in [2.05, 4.69) is 12.2 Å². The van der Waals surface area contributed by atoms with Gasteiger partial charge in [0.25, 0.3) is 0 Å². The quantitative estimate of drug-likeness (QED) is 0.768. The van der Waals surface area contributed by atoms with Gasteiger partial charge in [-0.15, -0.1) is 0 Å². The van der Waals surface area contributed by atoms with E-state index in [1.165, 1.54) is 0 Å². The summed E-state index contributed by atoms with van der Waals surface area (Å²) >= 11 is 0. The van der Waals surface area contributed by atoms with Crippen molar-refractivity contribution in [2.24, 2.45) is 5.92 Å². The van der Waals surface area contributed by atoms with Crippen LogP contribution in [0.15, 0.2) is 0 Å². The summed E-state index contributed by atoms with van der Waals surface area (Å²) in [6, 6.07) is 0.233. The molecule has 1 saturated heterocycles. The second kappa shape index (κ2) is 6.87. The minimum atomic E-state index is -2.98. The first kappa shape index (κ1) is 15.9. The maximum atomic E-state index is 12.0. The van der Waals surface area contributed by atoms with E-state index >= 15 is 0 Å². The van der Waals surface area contributed by atoms with E-state index in [1.807, 2.05) is 13.8 Å². The number of sulfone groups is 1. The smallest absolute Gasteiger partial charge is 0.154 e. The van der Waals surface area contributed by atoms with Gasteiger partial charge in [0, 0.05) is 19.2 Å². The highest BCUT2D eigenvalue weighted by atomic mass is 32.2. The van der Waals surface area contributed by atoms with E-state index in [0.29, 0.717) is 6.54 Å². The zero-order chi connectivity index (χ0) is 13.8. The lowest BCUT2D eigenvalue weighted by Gasteiger charge is -2.21. The molecule has 0 bridgehead atoms. The van der Waals surface area contributed by atoms with E-state index < -0.39 is 9.84 Å². The van der Waals surface area contributed by atoms with Crippen LogP contribution in [0.25, 0.3) is 0 Å². The summed E-state index contributed by atoms with van der Waals surface area (Å²) in [7, 11) is -2.98. The van der Waals surface area contributed by atoms with Gasteiger partial charge < -0.3 is 10.1 Å². The summed E-state index contributed by atoms with van der Waals surface area (Å²) in [6.07, 6.45) is 2.43. The minimum Gasteiger partial charge on any atom is -0.377 e. The van der Waals surface area contributed by atoms with Crippen molar-refractivity contribution >= 4 is 9.84 Å². The van der Waals surface area contributed by atoms with Gasteiger partial charge in [0.15, 0.2) is 9.84 Å². The highest BCUT2D eigenvalue weighted by molar-refractivity contribution is 7.92. The van der Waals surface area contributed by atoms with Gasteiger partial charge in [0.1, 0.15) is 0 Å². The van der Waals surface area contributed by atoms with E-state index in [0.717, 1.165) is 19.4 Å². The second-order valence-corrected chi connectivity index (χ2v) is 8.09. The van der Waals surface area contributed by atoms with Crippen LogP contribution in [0.2, 0.25) is 0 Å². The number of nitrogens with one attached hydrogen (secondary N) is 1. The Hall–Kier alpha value is -0.130. The highest BCUT2D eigenvalue weighted by Gasteiger charge is 2.25. The fourth-order valence-electron chi connectivity index (χ4n) is 2.16. The summed E-state index contributed by atoms with van der Waals surface area (Å²) in [5.41, 5.74) is 0. The average molecular weight is 277 g/mol. The van der Waals surface area contributed by atoms with Crippen LogP contribution < -0.4 is 5.32 Å². The van der Waals surface area contributed by atoms with Gasteiger partial charge in [-0.25, -0.2) is 8.42 Å². The lowest BCUT2D eigenvalue weighted by atomic mass is 10.1. The van der Waals surface area contributed by atoms with Crippen LogP contribution in [0, 0.1) is 5.92 Å². The Balaban J connectivity index is 2.32. The summed E-state index contributed by atoms with van der Waals surface area (Å²) in [5.74, 6) is 0.384. The lowest BCUT2D eigenvalue weighted by Crippen LogP contribution is -2.40. The molecule has 4 nitrogen and oxygen atoms in total. The van der Waals surface area contributed by atoms with Crippen molar-refractivity contribution in [2.45, 2.75) is 57.9 Å². The molecule has 0 amide bonds. The molecule has 1 N–H and O–H groups in total. The molecule has 1 fully saturated rings. The third kappa shape index (κ3) is 4.52.